The van der Waals surface area contributed by atoms with Crippen LogP contribution in [0.3, 0.4) is 0 Å². The molecule has 1 aromatic carbocycles. The summed E-state index contributed by atoms with van der Waals surface area (Å²) in [6.07, 6.45) is 1.59. The molecule has 0 fully saturated rings. The molecule has 0 bridgehead atoms. The fraction of sp³-hybridized carbons (Fsp3) is 0.0667. The number of carbonyl (C=O) groups is 1. The zero-order valence-corrected chi connectivity index (χ0v) is 10.9. The van der Waals surface area contributed by atoms with Crippen molar-refractivity contribution in [1.29, 1.82) is 0 Å². The van der Waals surface area contributed by atoms with E-state index in [-0.39, 0.29) is 18.1 Å². The monoisotopic (exact) mass is 284 g/mol. The first-order chi connectivity index (χ1) is 10.1. The van der Waals surface area contributed by atoms with Crippen LogP contribution in [0.25, 0.3) is 5.65 Å². The quantitative estimate of drug-likeness (QED) is 0.768. The van der Waals surface area contributed by atoms with Gasteiger partial charge in [0, 0.05) is 0 Å². The lowest BCUT2D eigenvalue weighted by Gasteiger charge is -2.08. The average molecular weight is 284 g/mol. The predicted octanol–water partition coefficient (Wildman–Crippen LogP) is 2.32. The first-order valence-corrected chi connectivity index (χ1v) is 6.25. The summed E-state index contributed by atoms with van der Waals surface area (Å²) in [4.78, 5) is 15.4. The topological polar surface area (TPSA) is 84.1 Å². The Morgan fingerprint density at radius 3 is 2.67 bits per heavy atom. The van der Waals surface area contributed by atoms with E-state index in [1.165, 1.54) is 18.2 Å². The van der Waals surface area contributed by atoms with Gasteiger partial charge in [-0.1, -0.05) is 6.07 Å². The normalized spacial score (nSPS) is 10.7. The van der Waals surface area contributed by atoms with Crippen molar-refractivity contribution in [3.05, 3.63) is 60.0 Å². The molecule has 0 aliphatic carbocycles. The molecule has 3 aromatic rings. The number of carboxylic acids is 1. The number of phenolic OH excluding ortho intramolecular Hbond substituents is 1. The lowest BCUT2D eigenvalue weighted by Crippen LogP contribution is -2.08. The smallest absolute Gasteiger partial charge is 0.352 e. The van der Waals surface area contributed by atoms with Crippen molar-refractivity contribution in [2.75, 3.05) is 0 Å². The Kier molecular flexibility index (Phi) is 3.19. The summed E-state index contributed by atoms with van der Waals surface area (Å²) in [7, 11) is 0. The van der Waals surface area contributed by atoms with Crippen molar-refractivity contribution < 1.29 is 19.7 Å². The molecule has 106 valence electrons. The van der Waals surface area contributed by atoms with Gasteiger partial charge in [0.15, 0.2) is 0 Å². The van der Waals surface area contributed by atoms with Crippen LogP contribution < -0.4 is 4.74 Å². The minimum absolute atomic E-state index is 0.134. The van der Waals surface area contributed by atoms with Gasteiger partial charge in [-0.15, -0.1) is 0 Å². The molecule has 6 heteroatoms. The van der Waals surface area contributed by atoms with Crippen LogP contribution >= 0.6 is 0 Å². The van der Waals surface area contributed by atoms with Crippen molar-refractivity contribution in [2.45, 2.75) is 6.61 Å². The molecule has 2 aromatic heterocycles. The summed E-state index contributed by atoms with van der Waals surface area (Å²) >= 11 is 0. The average Bonchev–Trinajstić information content (AvgIpc) is 2.90. The predicted molar refractivity (Wildman–Crippen MR) is 74.6 cm³/mol. The molecule has 3 rings (SSSR count). The molecule has 21 heavy (non-hydrogen) atoms. The van der Waals surface area contributed by atoms with Crippen molar-refractivity contribution in [1.82, 2.24) is 9.38 Å². The largest absolute Gasteiger partial charge is 0.508 e. The van der Waals surface area contributed by atoms with E-state index in [0.717, 1.165) is 0 Å². The Morgan fingerprint density at radius 1 is 1.19 bits per heavy atom. The van der Waals surface area contributed by atoms with Gasteiger partial charge in [-0.2, -0.15) is 0 Å². The summed E-state index contributed by atoms with van der Waals surface area (Å²) in [6.45, 7) is 0.177. The van der Waals surface area contributed by atoms with E-state index in [1.807, 2.05) is 0 Å². The number of aromatic carboxylic acids is 1. The Morgan fingerprint density at radius 2 is 1.95 bits per heavy atom. The van der Waals surface area contributed by atoms with Gasteiger partial charge in [-0.05, 0) is 36.4 Å². The highest BCUT2D eigenvalue weighted by molar-refractivity contribution is 5.86. The van der Waals surface area contributed by atoms with Crippen LogP contribution in [-0.4, -0.2) is 25.6 Å². The maximum Gasteiger partial charge on any atom is 0.352 e. The number of rotatable bonds is 4. The van der Waals surface area contributed by atoms with E-state index in [2.05, 4.69) is 4.98 Å². The molecule has 0 atom stereocenters. The van der Waals surface area contributed by atoms with E-state index in [9.17, 15) is 15.0 Å². The van der Waals surface area contributed by atoms with Crippen molar-refractivity contribution in [2.24, 2.45) is 0 Å². The van der Waals surface area contributed by atoms with Gasteiger partial charge in [-0.3, -0.25) is 4.40 Å². The lowest BCUT2D eigenvalue weighted by atomic mass is 10.3. The fourth-order valence-electron chi connectivity index (χ4n) is 2.07. The highest BCUT2D eigenvalue weighted by Gasteiger charge is 2.12. The standard InChI is InChI=1S/C15H12N2O4/c18-11-4-6-12(7-5-11)21-9-10-8-16-14-3-1-2-13(15(19)20)17(10)14/h1-8,18H,9H2,(H,19,20). The second-order valence-corrected chi connectivity index (χ2v) is 4.44. The minimum Gasteiger partial charge on any atom is -0.508 e. The molecule has 0 saturated heterocycles. The van der Waals surface area contributed by atoms with E-state index in [0.29, 0.717) is 17.1 Å². The summed E-state index contributed by atoms with van der Waals surface area (Å²) in [5.74, 6) is -0.287. The van der Waals surface area contributed by atoms with Gasteiger partial charge in [0.25, 0.3) is 0 Å². The number of phenols is 1. The zero-order chi connectivity index (χ0) is 14.8. The van der Waals surface area contributed by atoms with Crippen LogP contribution in [0.15, 0.2) is 48.7 Å². The Balaban J connectivity index is 1.90. The van der Waals surface area contributed by atoms with Crippen molar-refractivity contribution in [3.8, 4) is 11.5 Å². The van der Waals surface area contributed by atoms with Gasteiger partial charge < -0.3 is 14.9 Å². The van der Waals surface area contributed by atoms with Gasteiger partial charge >= 0.3 is 5.97 Å². The van der Waals surface area contributed by atoms with Gasteiger partial charge in [0.05, 0.1) is 11.9 Å². The third kappa shape index (κ3) is 2.51. The summed E-state index contributed by atoms with van der Waals surface area (Å²) in [5.41, 5.74) is 1.32. The molecule has 6 nitrogen and oxygen atoms in total. The van der Waals surface area contributed by atoms with Crippen LogP contribution in [0.5, 0.6) is 11.5 Å². The van der Waals surface area contributed by atoms with Crippen molar-refractivity contribution in [3.63, 3.8) is 0 Å². The summed E-state index contributed by atoms with van der Waals surface area (Å²) in [6, 6.07) is 11.2. The molecule has 0 saturated carbocycles. The molecule has 0 unspecified atom stereocenters. The Bertz CT molecular complexity index is 793. The summed E-state index contributed by atoms with van der Waals surface area (Å²) < 4.78 is 7.13. The highest BCUT2D eigenvalue weighted by atomic mass is 16.5. The third-order valence-electron chi connectivity index (χ3n) is 3.05. The molecule has 0 spiro atoms. The Hall–Kier alpha value is -3.02. The maximum atomic E-state index is 11.3. The van der Waals surface area contributed by atoms with E-state index < -0.39 is 5.97 Å². The van der Waals surface area contributed by atoms with Crippen LogP contribution in [0.1, 0.15) is 16.2 Å². The number of hydrogen-bond acceptors (Lipinski definition) is 4. The van der Waals surface area contributed by atoms with Crippen LogP contribution in [-0.2, 0) is 6.61 Å². The number of aromatic hydroxyl groups is 1. The van der Waals surface area contributed by atoms with Gasteiger partial charge in [0.2, 0.25) is 0 Å². The lowest BCUT2D eigenvalue weighted by molar-refractivity contribution is 0.0688. The van der Waals surface area contributed by atoms with Gasteiger partial charge in [0.1, 0.15) is 29.4 Å². The number of fused-ring (bicyclic) bond motifs is 1. The first-order valence-electron chi connectivity index (χ1n) is 6.25. The zero-order valence-electron chi connectivity index (χ0n) is 10.9. The molecule has 2 heterocycles. The third-order valence-corrected chi connectivity index (χ3v) is 3.05. The first kappa shape index (κ1) is 13.0. The van der Waals surface area contributed by atoms with E-state index >= 15 is 0 Å². The molecule has 2 N–H and O–H groups in total. The maximum absolute atomic E-state index is 11.3. The van der Waals surface area contributed by atoms with Crippen molar-refractivity contribution >= 4 is 11.6 Å². The minimum atomic E-state index is -1.02. The highest BCUT2D eigenvalue weighted by Crippen LogP contribution is 2.18. The molecule has 0 radical (unpaired) electrons. The molecular weight excluding hydrogens is 272 g/mol. The Labute approximate surface area is 119 Å². The van der Waals surface area contributed by atoms with E-state index in [1.54, 1.807) is 34.9 Å². The molecule has 0 aliphatic rings. The molecular formula is C15H12N2O4. The SMILES string of the molecule is O=C(O)c1cccc2ncc(COc3ccc(O)cc3)n12. The van der Waals surface area contributed by atoms with Gasteiger partial charge in [-0.25, -0.2) is 9.78 Å². The number of imidazole rings is 1. The number of pyridine rings is 1. The van der Waals surface area contributed by atoms with Crippen LogP contribution in [0.2, 0.25) is 0 Å². The fourth-order valence-corrected chi connectivity index (χ4v) is 2.07. The number of benzene rings is 1. The summed E-state index contributed by atoms with van der Waals surface area (Å²) in [5, 5.41) is 18.4. The number of carboxylic acid groups (broad SMARTS) is 1. The number of ether oxygens (including phenoxy) is 1. The van der Waals surface area contributed by atoms with E-state index in [4.69, 9.17) is 4.74 Å². The number of aromatic nitrogens is 2. The second kappa shape index (κ2) is 5.16. The number of nitrogens with zero attached hydrogens (tertiary/aromatic N) is 2. The molecule has 0 aliphatic heterocycles. The molecule has 0 amide bonds. The van der Waals surface area contributed by atoms with Crippen LogP contribution in [0.4, 0.5) is 0 Å². The van der Waals surface area contributed by atoms with Crippen LogP contribution in [0, 0.1) is 0 Å². The second-order valence-electron chi connectivity index (χ2n) is 4.44. The number of hydrogen-bond donors (Lipinski definition) is 2.